The van der Waals surface area contributed by atoms with E-state index < -0.39 is 144 Å². The summed E-state index contributed by atoms with van der Waals surface area (Å²) in [6, 6.07) is 9.48. The summed E-state index contributed by atoms with van der Waals surface area (Å²) in [7, 11) is 0. The summed E-state index contributed by atoms with van der Waals surface area (Å²) in [5, 5.41) is 58.4. The Kier molecular flexibility index (Phi) is 36.0. The van der Waals surface area contributed by atoms with Crippen LogP contribution < -0.4 is 21.3 Å². The molecule has 4 aromatic carbocycles. The number of hydrogen-bond donors (Lipinski definition) is 8. The normalized spacial score (nSPS) is 22.4. The maximum atomic E-state index is 14.3. The van der Waals surface area contributed by atoms with Crippen molar-refractivity contribution in [2.75, 3.05) is 78.8 Å². The summed E-state index contributed by atoms with van der Waals surface area (Å²) < 4.78 is 134. The third-order valence-electron chi connectivity index (χ3n) is 22.8. The smallest absolute Gasteiger partial charge is 0.338 e. The second-order valence-corrected chi connectivity index (χ2v) is 37.7. The predicted octanol–water partition coefficient (Wildman–Crippen LogP) is 14.4. The molecule has 0 saturated carbocycles. The molecule has 48 heteroatoms. The number of carbonyl (C=O) groups is 8. The number of hydrogen-bond acceptors (Lipinski definition) is 32. The Labute approximate surface area is 826 Å². The molecule has 8 unspecified atom stereocenters. The van der Waals surface area contributed by atoms with Gasteiger partial charge in [0, 0.05) is 176 Å². The molecule has 4 fully saturated rings. The van der Waals surface area contributed by atoms with Crippen molar-refractivity contribution in [3.05, 3.63) is 249 Å². The van der Waals surface area contributed by atoms with Crippen molar-refractivity contribution < 1.29 is 113 Å². The van der Waals surface area contributed by atoms with E-state index in [1.807, 2.05) is 0 Å². The van der Waals surface area contributed by atoms with E-state index in [1.54, 1.807) is 99.7 Å². The average Bonchev–Trinajstić information content (AvgIpc) is 1.27. The average molecular weight is 2160 g/mol. The highest BCUT2D eigenvalue weighted by molar-refractivity contribution is 9.10. The van der Waals surface area contributed by atoms with E-state index in [-0.39, 0.29) is 150 Å². The first-order chi connectivity index (χ1) is 66.1. The van der Waals surface area contributed by atoms with Crippen molar-refractivity contribution in [1.82, 2.24) is 60.8 Å². The van der Waals surface area contributed by atoms with Crippen LogP contribution in [0.2, 0.25) is 10.0 Å². The van der Waals surface area contributed by atoms with Crippen LogP contribution in [0.1, 0.15) is 133 Å². The van der Waals surface area contributed by atoms with Gasteiger partial charge in [0.15, 0.2) is 43.4 Å². The number of aliphatic imine (C=N–C) groups is 4. The first kappa shape index (κ1) is 104. The van der Waals surface area contributed by atoms with Gasteiger partial charge in [-0.15, -0.1) is 45.3 Å². The Morgan fingerprint density at radius 3 is 0.848 bits per heavy atom. The molecule has 8 aliphatic heterocycles. The molecule has 4 aromatic heterocycles. The second kappa shape index (κ2) is 47.7. The quantitative estimate of drug-likeness (QED) is 0.0105. The monoisotopic (exact) mass is 2160 g/mol. The Morgan fingerprint density at radius 2 is 0.630 bits per heavy atom. The molecule has 0 amide bonds. The molecule has 0 aliphatic carbocycles. The van der Waals surface area contributed by atoms with Crippen LogP contribution in [0.5, 0.6) is 0 Å². The number of nitrogens with one attached hydrogen (secondary N) is 4. The van der Waals surface area contributed by atoms with E-state index in [4.69, 9.17) is 72.6 Å². The van der Waals surface area contributed by atoms with Crippen molar-refractivity contribution in [2.24, 2.45) is 20.0 Å². The number of likely N-dealkylation sites (tertiary alicyclic amines) is 4. The minimum atomic E-state index is -1.29. The molecule has 32 nitrogen and oxygen atoms in total. The van der Waals surface area contributed by atoms with E-state index in [2.05, 4.69) is 83.0 Å². The first-order valence-corrected chi connectivity index (χ1v) is 48.8. The Morgan fingerprint density at radius 1 is 0.384 bits per heavy atom. The first-order valence-electron chi connectivity index (χ1n) is 42.9. The molecule has 12 atom stereocenters. The van der Waals surface area contributed by atoms with Crippen molar-refractivity contribution in [1.29, 1.82) is 0 Å². The fourth-order valence-corrected chi connectivity index (χ4v) is 20.3. The third-order valence-corrected chi connectivity index (χ3v) is 27.9. The molecule has 732 valence electrons. The number of aliphatic carboxylic acids is 4. The molecular weight excluding hydrogens is 2070 g/mol. The van der Waals surface area contributed by atoms with E-state index in [0.29, 0.717) is 97.4 Å². The second-order valence-electron chi connectivity index (χ2n) is 31.6. The lowest BCUT2D eigenvalue weighted by Crippen LogP contribution is -2.60. The number of nitrogens with zero attached hydrogens (tertiary/aromatic N) is 12. The molecule has 8 aromatic rings. The van der Waals surface area contributed by atoms with Crippen LogP contribution in [-0.2, 0) is 57.3 Å². The highest BCUT2D eigenvalue weighted by Crippen LogP contribution is 2.45. The molecule has 0 bridgehead atoms. The van der Waals surface area contributed by atoms with Crippen molar-refractivity contribution in [2.45, 2.75) is 139 Å². The van der Waals surface area contributed by atoms with Crippen LogP contribution in [0.25, 0.3) is 0 Å². The van der Waals surface area contributed by atoms with Gasteiger partial charge in [0.1, 0.15) is 72.1 Å². The molecule has 0 spiro atoms. The minimum Gasteiger partial charge on any atom is -0.481 e. The van der Waals surface area contributed by atoms with Crippen LogP contribution in [-0.4, -0.2) is 259 Å². The van der Waals surface area contributed by atoms with Crippen molar-refractivity contribution in [3.8, 4) is 0 Å². The number of thiazole rings is 4. The highest BCUT2D eigenvalue weighted by Gasteiger charge is 2.48. The number of ether oxygens (including phenoxy) is 4. The van der Waals surface area contributed by atoms with E-state index in [1.165, 1.54) is 99.9 Å². The van der Waals surface area contributed by atoms with Gasteiger partial charge in [0.05, 0.1) is 73.6 Å². The molecular formula is C90H88Br2Cl2F8N16O16S4. The van der Waals surface area contributed by atoms with Crippen molar-refractivity contribution in [3.63, 3.8) is 0 Å². The summed E-state index contributed by atoms with van der Waals surface area (Å²) in [6.07, 6.45) is 0.796. The zero-order valence-corrected chi connectivity index (χ0v) is 81.4. The van der Waals surface area contributed by atoms with E-state index in [9.17, 15) is 73.5 Å². The Balaban J connectivity index is 0.000000155. The van der Waals surface area contributed by atoms with E-state index in [0.717, 1.165) is 12.1 Å². The zero-order chi connectivity index (χ0) is 99.0. The van der Waals surface area contributed by atoms with Gasteiger partial charge in [-0.25, -0.2) is 74.2 Å². The lowest BCUT2D eigenvalue weighted by molar-refractivity contribution is -0.142. The number of carboxylic acids is 4. The number of esters is 4. The maximum absolute atomic E-state index is 14.3. The van der Waals surface area contributed by atoms with Gasteiger partial charge in [-0.3, -0.25) is 58.7 Å². The number of carboxylic acid groups (broad SMARTS) is 4. The molecule has 16 rings (SSSR count). The fourth-order valence-electron chi connectivity index (χ4n) is 16.2. The number of alkyl halides is 4. The maximum Gasteiger partial charge on any atom is 0.338 e. The van der Waals surface area contributed by atoms with Crippen LogP contribution in [0, 0.1) is 23.3 Å². The Hall–Kier alpha value is -11.2. The van der Waals surface area contributed by atoms with Gasteiger partial charge in [0.25, 0.3) is 0 Å². The van der Waals surface area contributed by atoms with Gasteiger partial charge in [-0.2, -0.15) is 0 Å². The lowest BCUT2D eigenvalue weighted by atomic mass is 9.92. The van der Waals surface area contributed by atoms with Gasteiger partial charge >= 0.3 is 47.8 Å². The van der Waals surface area contributed by atoms with Crippen LogP contribution >= 0.6 is 100 Å². The highest BCUT2D eigenvalue weighted by atomic mass is 79.9. The minimum absolute atomic E-state index is 0.0188. The van der Waals surface area contributed by atoms with Crippen LogP contribution in [0.4, 0.5) is 35.1 Å². The van der Waals surface area contributed by atoms with Gasteiger partial charge in [-0.05, 0) is 100 Å². The summed E-state index contributed by atoms with van der Waals surface area (Å²) in [6.45, 7) is 7.81. The number of rotatable bonds is 34. The Bertz CT molecular complexity index is 5750. The standard InChI is InChI=1S/C23H23BrF2N4O4S.C23H23ClF2N4O4S.C22H21BrF2N4O4S.C22H21ClF2N4O4S/c2*1-2-34-23(33)19-16(11-30-10-15(26)17(30)5-6-18(31)32)28-21(22-27-7-8-35-22)29-20(19)13-4-3-12(25)9-14(13)24;2*1-2-33-22(32)18-15(10-29-9-14(25)16(29)8-17(30)31)27-20(21-26-5-6-34-21)28-19(18)12-4-3-11(24)7-13(12)23/h2*3-4,7-9,15,17,20H,2,5-6,10-11H2,1H3,(H,28,29)(H,31,32);2*3-7,14,16,19H,2,8-10H2,1H3,(H,27,28)(H,30,31)/t2*15?,17?,20-;2*14?,16?,19-/m0000/s1. The predicted molar refractivity (Wildman–Crippen MR) is 503 cm³/mol. The zero-order valence-electron chi connectivity index (χ0n) is 73.4. The van der Waals surface area contributed by atoms with Gasteiger partial charge in [-0.1, -0.05) is 79.3 Å². The molecule has 4 saturated heterocycles. The SMILES string of the molecule is CCOC(=O)C1=C(CN2CC(F)C2CC(=O)O)NC(c2nccs2)=N[C@H]1c1ccc(F)cc1Br.CCOC(=O)C1=C(CN2CC(F)C2CC(=O)O)NC(c2nccs2)=N[C@H]1c1ccc(F)cc1Cl.CCOC(=O)C1=C(CN2CC(F)C2CCC(=O)O)NC(c2nccs2)=N[C@H]1c1ccc(F)cc1Br.CCOC(=O)C1=C(CN2CC(F)C2CCC(=O)O)NC(c2nccs2)=N[C@H]1c1ccc(F)cc1Cl. The number of aromatic nitrogens is 4. The molecule has 12 heterocycles. The number of amidine groups is 4. The molecule has 8 aliphatic rings. The summed E-state index contributed by atoms with van der Waals surface area (Å²) in [4.78, 5) is 140. The fraction of sp³-hybridized carbons (Fsp3) is 0.378. The van der Waals surface area contributed by atoms with Gasteiger partial charge in [0.2, 0.25) is 0 Å². The topological polar surface area (TPSA) is 416 Å². The third kappa shape index (κ3) is 25.3. The number of halogens is 12. The van der Waals surface area contributed by atoms with Crippen molar-refractivity contribution >= 4 is 172 Å². The molecule has 138 heavy (non-hydrogen) atoms. The lowest BCUT2D eigenvalue weighted by Gasteiger charge is -2.45. The summed E-state index contributed by atoms with van der Waals surface area (Å²) in [5.74, 6) is -7.17. The molecule has 8 N–H and O–H groups in total. The van der Waals surface area contributed by atoms with E-state index >= 15 is 0 Å². The van der Waals surface area contributed by atoms with Gasteiger partial charge < -0.3 is 60.6 Å². The number of carbonyl (C=O) groups excluding carboxylic acids is 4. The number of benzene rings is 4. The summed E-state index contributed by atoms with van der Waals surface area (Å²) >= 11 is 24.8. The molecule has 0 radical (unpaired) electrons. The largest absolute Gasteiger partial charge is 0.481 e. The summed E-state index contributed by atoms with van der Waals surface area (Å²) in [5.41, 5.74) is 4.22. The van der Waals surface area contributed by atoms with Crippen LogP contribution in [0.15, 0.2) is 193 Å². The van der Waals surface area contributed by atoms with Crippen LogP contribution in [0.3, 0.4) is 0 Å².